The second kappa shape index (κ2) is 13.2. The monoisotopic (exact) mass is 503 g/mol. The maximum Gasteiger partial charge on any atom is 0.191 e. The summed E-state index contributed by atoms with van der Waals surface area (Å²) >= 11 is 0. The van der Waals surface area contributed by atoms with Gasteiger partial charge >= 0.3 is 0 Å². The molecule has 160 valence electrons. The standard InChI is InChI=1S/C21H37N5O.HI/c1-17(2)26-12-10-19(11-13-26)24-21(22-3)23-16-18-8-6-7-9-20(18)27-15-14-25(4)5;/h6-9,17,19H,10-16H2,1-5H3,(H2,22,23,24);1H. The van der Waals surface area contributed by atoms with Gasteiger partial charge in [0.2, 0.25) is 0 Å². The van der Waals surface area contributed by atoms with Crippen molar-refractivity contribution in [1.82, 2.24) is 20.4 Å². The topological polar surface area (TPSA) is 52.1 Å². The summed E-state index contributed by atoms with van der Waals surface area (Å²) in [6.45, 7) is 9.12. The number of guanidine groups is 1. The predicted octanol–water partition coefficient (Wildman–Crippen LogP) is 2.78. The minimum atomic E-state index is 0. The van der Waals surface area contributed by atoms with Crippen molar-refractivity contribution in [2.45, 2.75) is 45.3 Å². The first-order valence-electron chi connectivity index (χ1n) is 10.1. The molecule has 0 aromatic heterocycles. The number of para-hydroxylation sites is 1. The maximum atomic E-state index is 5.95. The Morgan fingerprint density at radius 2 is 1.93 bits per heavy atom. The summed E-state index contributed by atoms with van der Waals surface area (Å²) < 4.78 is 5.95. The van der Waals surface area contributed by atoms with Crippen LogP contribution in [0.3, 0.4) is 0 Å². The third-order valence-electron chi connectivity index (χ3n) is 5.04. The fourth-order valence-corrected chi connectivity index (χ4v) is 3.26. The Hall–Kier alpha value is -1.06. The van der Waals surface area contributed by atoms with Crippen molar-refractivity contribution in [3.8, 4) is 5.75 Å². The number of likely N-dealkylation sites (N-methyl/N-ethyl adjacent to an activating group) is 1. The summed E-state index contributed by atoms with van der Waals surface area (Å²) in [6.07, 6.45) is 2.31. The van der Waals surface area contributed by atoms with Gasteiger partial charge in [-0.2, -0.15) is 0 Å². The number of benzene rings is 1. The summed E-state index contributed by atoms with van der Waals surface area (Å²) in [4.78, 5) is 9.06. The lowest BCUT2D eigenvalue weighted by atomic mass is 10.0. The van der Waals surface area contributed by atoms with Crippen LogP contribution in [0, 0.1) is 0 Å². The first-order chi connectivity index (χ1) is 13.0. The first-order valence-corrected chi connectivity index (χ1v) is 10.1. The SMILES string of the molecule is CN=C(NCc1ccccc1OCCN(C)C)NC1CCN(C(C)C)CC1.I. The molecule has 1 fully saturated rings. The Balaban J connectivity index is 0.00000392. The third kappa shape index (κ3) is 8.53. The maximum absolute atomic E-state index is 5.95. The lowest BCUT2D eigenvalue weighted by Gasteiger charge is -2.35. The molecule has 0 bridgehead atoms. The summed E-state index contributed by atoms with van der Waals surface area (Å²) in [5, 5.41) is 7.02. The van der Waals surface area contributed by atoms with Crippen LogP contribution < -0.4 is 15.4 Å². The van der Waals surface area contributed by atoms with E-state index < -0.39 is 0 Å². The lowest BCUT2D eigenvalue weighted by molar-refractivity contribution is 0.167. The molecule has 0 unspecified atom stereocenters. The molecule has 2 N–H and O–H groups in total. The zero-order valence-electron chi connectivity index (χ0n) is 18.1. The third-order valence-corrected chi connectivity index (χ3v) is 5.04. The van der Waals surface area contributed by atoms with Crippen molar-refractivity contribution in [2.24, 2.45) is 4.99 Å². The quantitative estimate of drug-likeness (QED) is 0.325. The molecule has 1 aliphatic rings. The zero-order valence-corrected chi connectivity index (χ0v) is 20.4. The van der Waals surface area contributed by atoms with Crippen LogP contribution in [0.15, 0.2) is 29.3 Å². The number of likely N-dealkylation sites (tertiary alicyclic amines) is 1. The van der Waals surface area contributed by atoms with Crippen molar-refractivity contribution in [3.05, 3.63) is 29.8 Å². The van der Waals surface area contributed by atoms with Crippen molar-refractivity contribution >= 4 is 29.9 Å². The van der Waals surface area contributed by atoms with E-state index >= 15 is 0 Å². The van der Waals surface area contributed by atoms with Gasteiger partial charge in [-0.1, -0.05) is 18.2 Å². The molecule has 1 aliphatic heterocycles. The summed E-state index contributed by atoms with van der Waals surface area (Å²) in [5.41, 5.74) is 1.15. The number of nitrogens with zero attached hydrogens (tertiary/aromatic N) is 3. The first kappa shape index (κ1) is 25.0. The molecule has 6 nitrogen and oxygen atoms in total. The Bertz CT molecular complexity index is 586. The minimum Gasteiger partial charge on any atom is -0.492 e. The van der Waals surface area contributed by atoms with E-state index in [2.05, 4.69) is 59.4 Å². The van der Waals surface area contributed by atoms with Gasteiger partial charge in [0.05, 0.1) is 0 Å². The van der Waals surface area contributed by atoms with Gasteiger partial charge in [0.15, 0.2) is 5.96 Å². The van der Waals surface area contributed by atoms with Crippen molar-refractivity contribution in [1.29, 1.82) is 0 Å². The van der Waals surface area contributed by atoms with E-state index in [9.17, 15) is 0 Å². The molecule has 7 heteroatoms. The molecule has 0 spiro atoms. The predicted molar refractivity (Wildman–Crippen MR) is 129 cm³/mol. The van der Waals surface area contributed by atoms with Crippen molar-refractivity contribution < 1.29 is 4.74 Å². The number of aliphatic imine (C=N–C) groups is 1. The van der Waals surface area contributed by atoms with Crippen LogP contribution in [0.1, 0.15) is 32.3 Å². The average molecular weight is 503 g/mol. The minimum absolute atomic E-state index is 0. The molecule has 28 heavy (non-hydrogen) atoms. The molecule has 1 heterocycles. The molecule has 2 rings (SSSR count). The molecule has 1 aromatic carbocycles. The van der Waals surface area contributed by atoms with Gasteiger partial charge in [-0.15, -0.1) is 24.0 Å². The van der Waals surface area contributed by atoms with E-state index in [4.69, 9.17) is 4.74 Å². The molecular weight excluding hydrogens is 465 g/mol. The molecule has 0 atom stereocenters. The normalized spacial score (nSPS) is 16.2. The second-order valence-electron chi connectivity index (χ2n) is 7.73. The van der Waals surface area contributed by atoms with Gasteiger partial charge in [-0.25, -0.2) is 0 Å². The Morgan fingerprint density at radius 1 is 1.25 bits per heavy atom. The fourth-order valence-electron chi connectivity index (χ4n) is 3.26. The lowest BCUT2D eigenvalue weighted by Crippen LogP contribution is -2.49. The molecule has 0 radical (unpaired) electrons. The largest absolute Gasteiger partial charge is 0.492 e. The van der Waals surface area contributed by atoms with Gasteiger partial charge in [0.1, 0.15) is 12.4 Å². The molecule has 0 saturated carbocycles. The molecular formula is C21H38IN5O. The van der Waals surface area contributed by atoms with E-state index in [1.807, 2.05) is 25.2 Å². The van der Waals surface area contributed by atoms with E-state index in [1.165, 1.54) is 0 Å². The van der Waals surface area contributed by atoms with Crippen LogP contribution in [-0.2, 0) is 6.54 Å². The summed E-state index contributed by atoms with van der Waals surface area (Å²) in [5.74, 6) is 1.80. The van der Waals surface area contributed by atoms with Crippen LogP contribution in [0.25, 0.3) is 0 Å². The van der Waals surface area contributed by atoms with Crippen LogP contribution in [0.2, 0.25) is 0 Å². The number of nitrogens with one attached hydrogen (secondary N) is 2. The van der Waals surface area contributed by atoms with Gasteiger partial charge in [-0.3, -0.25) is 4.99 Å². The highest BCUT2D eigenvalue weighted by Gasteiger charge is 2.21. The van der Waals surface area contributed by atoms with E-state index in [1.54, 1.807) is 0 Å². The number of piperidine rings is 1. The number of hydrogen-bond acceptors (Lipinski definition) is 4. The van der Waals surface area contributed by atoms with Crippen LogP contribution >= 0.6 is 24.0 Å². The van der Waals surface area contributed by atoms with E-state index in [0.717, 1.165) is 49.7 Å². The highest BCUT2D eigenvalue weighted by Crippen LogP contribution is 2.18. The smallest absolute Gasteiger partial charge is 0.191 e. The highest BCUT2D eigenvalue weighted by atomic mass is 127. The van der Waals surface area contributed by atoms with Crippen LogP contribution in [0.5, 0.6) is 5.75 Å². The Kier molecular flexibility index (Phi) is 11.8. The van der Waals surface area contributed by atoms with Gasteiger partial charge in [0.25, 0.3) is 0 Å². The molecule has 1 aromatic rings. The van der Waals surface area contributed by atoms with Crippen molar-refractivity contribution in [2.75, 3.05) is 47.4 Å². The fraction of sp³-hybridized carbons (Fsp3) is 0.667. The summed E-state index contributed by atoms with van der Waals surface area (Å²) in [6, 6.07) is 9.32. The number of rotatable bonds is 8. The molecule has 0 amide bonds. The second-order valence-corrected chi connectivity index (χ2v) is 7.73. The Labute approximate surface area is 188 Å². The van der Waals surface area contributed by atoms with Gasteiger partial charge in [0, 0.05) is 50.9 Å². The number of halogens is 1. The van der Waals surface area contributed by atoms with Crippen LogP contribution in [0.4, 0.5) is 0 Å². The number of ether oxygens (including phenoxy) is 1. The van der Waals surface area contributed by atoms with Gasteiger partial charge < -0.3 is 25.2 Å². The van der Waals surface area contributed by atoms with E-state index in [-0.39, 0.29) is 24.0 Å². The van der Waals surface area contributed by atoms with Gasteiger partial charge in [-0.05, 0) is 46.9 Å². The van der Waals surface area contributed by atoms with E-state index in [0.29, 0.717) is 25.2 Å². The zero-order chi connectivity index (χ0) is 19.6. The average Bonchev–Trinajstić information content (AvgIpc) is 2.66. The Morgan fingerprint density at radius 3 is 2.54 bits per heavy atom. The van der Waals surface area contributed by atoms with Crippen molar-refractivity contribution in [3.63, 3.8) is 0 Å². The summed E-state index contributed by atoms with van der Waals surface area (Å²) in [7, 11) is 5.94. The van der Waals surface area contributed by atoms with Crippen LogP contribution in [-0.4, -0.2) is 75.2 Å². The number of hydrogen-bond donors (Lipinski definition) is 2. The molecule has 0 aliphatic carbocycles. The molecule has 1 saturated heterocycles. The highest BCUT2D eigenvalue weighted by molar-refractivity contribution is 14.0.